The van der Waals surface area contributed by atoms with Crippen LogP contribution in [-0.2, 0) is 27.9 Å². The Balaban J connectivity index is 1.49. The zero-order valence-electron chi connectivity index (χ0n) is 15.3. The summed E-state index contributed by atoms with van der Waals surface area (Å²) in [7, 11) is -3.60. The van der Waals surface area contributed by atoms with Gasteiger partial charge in [-0.2, -0.15) is 5.10 Å². The van der Waals surface area contributed by atoms with Crippen molar-refractivity contribution in [2.24, 2.45) is 0 Å². The predicted octanol–water partition coefficient (Wildman–Crippen LogP) is 1.92. The number of rotatable bonds is 9. The van der Waals surface area contributed by atoms with Crippen molar-refractivity contribution in [3.05, 3.63) is 84.2 Å². The normalized spacial score (nSPS) is 11.3. The lowest BCUT2D eigenvalue weighted by Crippen LogP contribution is -2.30. The lowest BCUT2D eigenvalue weighted by atomic mass is 10.1. The van der Waals surface area contributed by atoms with Crippen LogP contribution in [0.15, 0.2) is 78.0 Å². The van der Waals surface area contributed by atoms with Crippen molar-refractivity contribution >= 4 is 15.9 Å². The molecule has 2 aromatic carbocycles. The van der Waals surface area contributed by atoms with Gasteiger partial charge in [0, 0.05) is 31.9 Å². The maximum Gasteiger partial charge on any atom is 0.240 e. The quantitative estimate of drug-likeness (QED) is 0.576. The Labute approximate surface area is 164 Å². The Hall–Kier alpha value is -2.97. The number of carbonyl (C=O) groups excluding carboxylic acids is 1. The summed E-state index contributed by atoms with van der Waals surface area (Å²) in [5.74, 6) is -0.218. The largest absolute Gasteiger partial charge is 0.352 e. The zero-order valence-corrected chi connectivity index (χ0v) is 16.1. The van der Waals surface area contributed by atoms with Crippen LogP contribution in [0.1, 0.15) is 17.5 Å². The van der Waals surface area contributed by atoms with Crippen LogP contribution in [0.2, 0.25) is 0 Å². The van der Waals surface area contributed by atoms with E-state index in [-0.39, 0.29) is 23.8 Å². The SMILES string of the molecule is O=C(CCNS(=O)(=O)c1ccccc1)NCc1ccccc1Cn1cccn1. The summed E-state index contributed by atoms with van der Waals surface area (Å²) in [6.07, 6.45) is 3.67. The van der Waals surface area contributed by atoms with Gasteiger partial charge in [-0.15, -0.1) is 0 Å². The molecule has 1 heterocycles. The molecule has 3 aromatic rings. The van der Waals surface area contributed by atoms with Crippen LogP contribution in [0.3, 0.4) is 0 Å². The van der Waals surface area contributed by atoms with Crippen molar-refractivity contribution in [2.75, 3.05) is 6.54 Å². The molecule has 0 radical (unpaired) electrons. The standard InChI is InChI=1S/C20H22N4O3S/c25-20(11-13-23-28(26,27)19-9-2-1-3-10-19)21-15-17-7-4-5-8-18(17)16-24-14-6-12-22-24/h1-10,12,14,23H,11,13,15-16H2,(H,21,25). The van der Waals surface area contributed by atoms with Gasteiger partial charge in [0.25, 0.3) is 0 Å². The van der Waals surface area contributed by atoms with Crippen molar-refractivity contribution < 1.29 is 13.2 Å². The molecule has 1 amide bonds. The molecule has 0 atom stereocenters. The van der Waals surface area contributed by atoms with Crippen LogP contribution in [-0.4, -0.2) is 30.7 Å². The smallest absolute Gasteiger partial charge is 0.240 e. The predicted molar refractivity (Wildman–Crippen MR) is 106 cm³/mol. The summed E-state index contributed by atoms with van der Waals surface area (Å²) < 4.78 is 28.5. The highest BCUT2D eigenvalue weighted by atomic mass is 32.2. The molecule has 28 heavy (non-hydrogen) atoms. The third-order valence-electron chi connectivity index (χ3n) is 4.18. The molecule has 8 heteroatoms. The Kier molecular flexibility index (Phi) is 6.57. The molecule has 0 spiro atoms. The van der Waals surface area contributed by atoms with Crippen LogP contribution in [0.4, 0.5) is 0 Å². The van der Waals surface area contributed by atoms with E-state index in [0.29, 0.717) is 13.1 Å². The van der Waals surface area contributed by atoms with Crippen molar-refractivity contribution in [1.29, 1.82) is 0 Å². The number of carbonyl (C=O) groups is 1. The van der Waals surface area contributed by atoms with E-state index in [9.17, 15) is 13.2 Å². The molecule has 0 fully saturated rings. The van der Waals surface area contributed by atoms with Gasteiger partial charge in [0.1, 0.15) is 0 Å². The van der Waals surface area contributed by atoms with Gasteiger partial charge in [0.05, 0.1) is 11.4 Å². The number of hydrogen-bond acceptors (Lipinski definition) is 4. The van der Waals surface area contributed by atoms with Gasteiger partial charge in [-0.1, -0.05) is 42.5 Å². The summed E-state index contributed by atoms with van der Waals surface area (Å²) >= 11 is 0. The maximum absolute atomic E-state index is 12.1. The van der Waals surface area contributed by atoms with E-state index in [1.807, 2.05) is 41.2 Å². The van der Waals surface area contributed by atoms with Gasteiger partial charge in [-0.25, -0.2) is 13.1 Å². The molecule has 146 valence electrons. The van der Waals surface area contributed by atoms with Crippen LogP contribution in [0, 0.1) is 0 Å². The molecule has 7 nitrogen and oxygen atoms in total. The number of nitrogens with one attached hydrogen (secondary N) is 2. The van der Waals surface area contributed by atoms with Crippen molar-refractivity contribution in [2.45, 2.75) is 24.4 Å². The van der Waals surface area contributed by atoms with Crippen LogP contribution < -0.4 is 10.0 Å². The topological polar surface area (TPSA) is 93.1 Å². The third kappa shape index (κ3) is 5.51. The van der Waals surface area contributed by atoms with Gasteiger partial charge in [0.15, 0.2) is 0 Å². The zero-order chi connectivity index (χ0) is 19.8. The third-order valence-corrected chi connectivity index (χ3v) is 5.66. The molecule has 0 unspecified atom stereocenters. The first-order valence-corrected chi connectivity index (χ1v) is 10.4. The fourth-order valence-electron chi connectivity index (χ4n) is 2.72. The van der Waals surface area contributed by atoms with E-state index >= 15 is 0 Å². The van der Waals surface area contributed by atoms with Crippen LogP contribution in [0.25, 0.3) is 0 Å². The molecule has 0 saturated carbocycles. The second-order valence-electron chi connectivity index (χ2n) is 6.21. The molecule has 2 N–H and O–H groups in total. The number of benzene rings is 2. The second-order valence-corrected chi connectivity index (χ2v) is 7.98. The van der Waals surface area contributed by atoms with Crippen molar-refractivity contribution in [3.8, 4) is 0 Å². The Morgan fingerprint density at radius 1 is 0.964 bits per heavy atom. The minimum atomic E-state index is -3.60. The van der Waals surface area contributed by atoms with Gasteiger partial charge >= 0.3 is 0 Å². The minimum Gasteiger partial charge on any atom is -0.352 e. The first-order chi connectivity index (χ1) is 13.5. The number of aromatic nitrogens is 2. The number of nitrogens with zero attached hydrogens (tertiary/aromatic N) is 2. The Morgan fingerprint density at radius 2 is 1.68 bits per heavy atom. The lowest BCUT2D eigenvalue weighted by molar-refractivity contribution is -0.121. The first-order valence-electron chi connectivity index (χ1n) is 8.90. The molecular weight excluding hydrogens is 376 g/mol. The molecule has 1 aromatic heterocycles. The molecule has 0 saturated heterocycles. The number of sulfonamides is 1. The lowest BCUT2D eigenvalue weighted by Gasteiger charge is -2.11. The maximum atomic E-state index is 12.1. The molecule has 0 aliphatic rings. The molecule has 0 aliphatic heterocycles. The number of amides is 1. The summed E-state index contributed by atoms with van der Waals surface area (Å²) in [5, 5.41) is 7.04. The average molecular weight is 398 g/mol. The summed E-state index contributed by atoms with van der Waals surface area (Å²) in [6.45, 7) is 1.04. The molecule has 0 aliphatic carbocycles. The second kappa shape index (κ2) is 9.29. The molecule has 0 bridgehead atoms. The van der Waals surface area contributed by atoms with Crippen molar-refractivity contribution in [3.63, 3.8) is 0 Å². The van der Waals surface area contributed by atoms with Crippen LogP contribution >= 0.6 is 0 Å². The monoisotopic (exact) mass is 398 g/mol. The van der Waals surface area contributed by atoms with E-state index in [1.54, 1.807) is 24.4 Å². The highest BCUT2D eigenvalue weighted by Crippen LogP contribution is 2.10. The number of hydrogen-bond donors (Lipinski definition) is 2. The van der Waals surface area contributed by atoms with Gasteiger partial charge in [-0.05, 0) is 29.3 Å². The van der Waals surface area contributed by atoms with Gasteiger partial charge in [-0.3, -0.25) is 9.48 Å². The summed E-state index contributed by atoms with van der Waals surface area (Å²) in [5.41, 5.74) is 2.06. The van der Waals surface area contributed by atoms with E-state index < -0.39 is 10.0 Å². The van der Waals surface area contributed by atoms with E-state index in [1.165, 1.54) is 12.1 Å². The summed E-state index contributed by atoms with van der Waals surface area (Å²) in [4.78, 5) is 12.3. The highest BCUT2D eigenvalue weighted by molar-refractivity contribution is 7.89. The fourth-order valence-corrected chi connectivity index (χ4v) is 3.77. The molecule has 3 rings (SSSR count). The van der Waals surface area contributed by atoms with Gasteiger partial charge in [0.2, 0.25) is 15.9 Å². The first kappa shape index (κ1) is 19.8. The van der Waals surface area contributed by atoms with E-state index in [0.717, 1.165) is 11.1 Å². The van der Waals surface area contributed by atoms with Crippen LogP contribution in [0.5, 0.6) is 0 Å². The molecular formula is C20H22N4O3S. The van der Waals surface area contributed by atoms with E-state index in [2.05, 4.69) is 15.1 Å². The van der Waals surface area contributed by atoms with Gasteiger partial charge < -0.3 is 5.32 Å². The fraction of sp³-hybridized carbons (Fsp3) is 0.200. The Bertz CT molecular complexity index is 1000. The summed E-state index contributed by atoms with van der Waals surface area (Å²) in [6, 6.07) is 17.8. The van der Waals surface area contributed by atoms with Crippen molar-refractivity contribution in [1.82, 2.24) is 19.8 Å². The Morgan fingerprint density at radius 3 is 2.39 bits per heavy atom. The average Bonchev–Trinajstić information content (AvgIpc) is 3.21. The minimum absolute atomic E-state index is 0.0397. The van der Waals surface area contributed by atoms with E-state index in [4.69, 9.17) is 0 Å². The highest BCUT2D eigenvalue weighted by Gasteiger charge is 2.13.